The molecule has 0 atom stereocenters. The topological polar surface area (TPSA) is 115 Å². The SMILES string of the molecule is CC(C)(F)C(=O)N1CC(C2=Cc3cc(CCCCn4cc(C(=O)NCc5cc(OC(F)(F)F)ccc5F)nn4)nnc3C2)C1. The van der Waals surface area contributed by atoms with Crippen molar-refractivity contribution < 1.29 is 36.3 Å². The minimum Gasteiger partial charge on any atom is -0.406 e. The van der Waals surface area contributed by atoms with Crippen molar-refractivity contribution in [3.8, 4) is 5.75 Å². The molecule has 234 valence electrons. The minimum atomic E-state index is -4.92. The van der Waals surface area contributed by atoms with Crippen LogP contribution >= 0.6 is 0 Å². The van der Waals surface area contributed by atoms with E-state index < -0.39 is 35.4 Å². The highest BCUT2D eigenvalue weighted by Crippen LogP contribution is 2.34. The largest absolute Gasteiger partial charge is 0.573 e. The average Bonchev–Trinajstić information content (AvgIpc) is 3.56. The van der Waals surface area contributed by atoms with E-state index in [-0.39, 0.29) is 23.7 Å². The van der Waals surface area contributed by atoms with Crippen LogP contribution in [0.2, 0.25) is 0 Å². The highest BCUT2D eigenvalue weighted by molar-refractivity contribution is 5.91. The summed E-state index contributed by atoms with van der Waals surface area (Å²) < 4.78 is 70.5. The first kappa shape index (κ1) is 31.0. The Morgan fingerprint density at radius 2 is 1.84 bits per heavy atom. The number of carbonyl (C=O) groups excluding carboxylic acids is 2. The molecule has 2 aliphatic rings. The second-order valence-electron chi connectivity index (χ2n) is 11.3. The van der Waals surface area contributed by atoms with E-state index in [1.54, 1.807) is 0 Å². The predicted molar refractivity (Wildman–Crippen MR) is 146 cm³/mol. The third-order valence-corrected chi connectivity index (χ3v) is 7.40. The summed E-state index contributed by atoms with van der Waals surface area (Å²) in [4.78, 5) is 26.0. The molecule has 0 unspecified atom stereocenters. The maximum absolute atomic E-state index is 14.0. The molecule has 10 nitrogen and oxygen atoms in total. The van der Waals surface area contributed by atoms with Crippen molar-refractivity contribution in [1.29, 1.82) is 0 Å². The van der Waals surface area contributed by atoms with Crippen LogP contribution in [0.4, 0.5) is 22.0 Å². The lowest BCUT2D eigenvalue weighted by Crippen LogP contribution is -2.55. The van der Waals surface area contributed by atoms with Gasteiger partial charge in [-0.1, -0.05) is 16.9 Å². The lowest BCUT2D eigenvalue weighted by atomic mass is 9.89. The Hall–Kier alpha value is -4.43. The number of nitrogens with one attached hydrogen (secondary N) is 1. The number of likely N-dealkylation sites (tertiary alicyclic amines) is 1. The molecule has 0 spiro atoms. The van der Waals surface area contributed by atoms with Crippen LogP contribution in [-0.2, 0) is 30.7 Å². The van der Waals surface area contributed by atoms with Crippen LogP contribution < -0.4 is 10.1 Å². The molecule has 1 fully saturated rings. The van der Waals surface area contributed by atoms with Crippen LogP contribution in [0.25, 0.3) is 6.08 Å². The van der Waals surface area contributed by atoms with Gasteiger partial charge in [0.1, 0.15) is 11.6 Å². The van der Waals surface area contributed by atoms with Gasteiger partial charge in [0, 0.05) is 44.1 Å². The first-order valence-electron chi connectivity index (χ1n) is 14.0. The standard InChI is InChI=1S/C29H30F5N7O3/c1-28(2,31)27(43)40-14-20(15-40)17-9-18-10-21(36-37-24(18)12-17)5-3-4-8-41-16-25(38-39-41)26(42)35-13-19-11-22(6-7-23(19)30)44-29(32,33)34/h6-7,9-11,16,20H,3-5,8,12-15H2,1-2H3,(H,35,42). The zero-order valence-corrected chi connectivity index (χ0v) is 24.0. The number of ether oxygens (including phenoxy) is 1. The highest BCUT2D eigenvalue weighted by atomic mass is 19.4. The summed E-state index contributed by atoms with van der Waals surface area (Å²) in [5, 5.41) is 18.9. The van der Waals surface area contributed by atoms with E-state index in [1.807, 2.05) is 6.07 Å². The minimum absolute atomic E-state index is 0.0208. The van der Waals surface area contributed by atoms with Crippen molar-refractivity contribution in [2.75, 3.05) is 13.1 Å². The number of alkyl halides is 4. The van der Waals surface area contributed by atoms with Crippen molar-refractivity contribution in [2.24, 2.45) is 5.92 Å². The molecule has 0 radical (unpaired) electrons. The van der Waals surface area contributed by atoms with Gasteiger partial charge in [0.2, 0.25) is 0 Å². The smallest absolute Gasteiger partial charge is 0.406 e. The van der Waals surface area contributed by atoms with Gasteiger partial charge in [-0.15, -0.1) is 18.3 Å². The van der Waals surface area contributed by atoms with Crippen LogP contribution in [-0.4, -0.2) is 67.0 Å². The Kier molecular flexibility index (Phi) is 8.66. The number of hydrogen-bond acceptors (Lipinski definition) is 7. The summed E-state index contributed by atoms with van der Waals surface area (Å²) in [6.45, 7) is 3.65. The van der Waals surface area contributed by atoms with Crippen molar-refractivity contribution >= 4 is 17.9 Å². The maximum atomic E-state index is 14.0. The number of unbranched alkanes of at least 4 members (excludes halogenated alkanes) is 1. The molecule has 5 rings (SSSR count). The summed E-state index contributed by atoms with van der Waals surface area (Å²) in [5.74, 6) is -2.35. The van der Waals surface area contributed by atoms with Crippen LogP contribution in [0, 0.1) is 11.7 Å². The molecule has 1 aliphatic heterocycles. The molecule has 0 bridgehead atoms. The van der Waals surface area contributed by atoms with Gasteiger partial charge in [0.25, 0.3) is 11.8 Å². The van der Waals surface area contributed by atoms with Gasteiger partial charge in [0.15, 0.2) is 11.4 Å². The zero-order valence-electron chi connectivity index (χ0n) is 24.0. The maximum Gasteiger partial charge on any atom is 0.573 e. The third kappa shape index (κ3) is 7.55. The van der Waals surface area contributed by atoms with Gasteiger partial charge in [0.05, 0.1) is 17.6 Å². The molecular formula is C29H30F5N7O3. The summed E-state index contributed by atoms with van der Waals surface area (Å²) in [6.07, 6.45) is 1.41. The number of hydrogen-bond donors (Lipinski definition) is 1. The fourth-order valence-corrected chi connectivity index (χ4v) is 5.06. The van der Waals surface area contributed by atoms with E-state index in [4.69, 9.17) is 0 Å². The first-order valence-corrected chi connectivity index (χ1v) is 14.0. The fraction of sp³-hybridized carbons (Fsp3) is 0.448. The molecule has 2 aromatic heterocycles. The van der Waals surface area contributed by atoms with Gasteiger partial charge in [-0.05, 0) is 62.9 Å². The van der Waals surface area contributed by atoms with Crippen molar-refractivity contribution in [3.63, 3.8) is 0 Å². The Morgan fingerprint density at radius 1 is 1.07 bits per heavy atom. The Balaban J connectivity index is 1.05. The summed E-state index contributed by atoms with van der Waals surface area (Å²) in [7, 11) is 0. The van der Waals surface area contributed by atoms with Gasteiger partial charge in [-0.25, -0.2) is 8.78 Å². The molecule has 1 aliphatic carbocycles. The number of nitrogens with zero attached hydrogens (tertiary/aromatic N) is 6. The number of carbonyl (C=O) groups is 2. The summed E-state index contributed by atoms with van der Waals surface area (Å²) in [6, 6.07) is 4.54. The summed E-state index contributed by atoms with van der Waals surface area (Å²) >= 11 is 0. The molecule has 15 heteroatoms. The Bertz CT molecular complexity index is 1580. The summed E-state index contributed by atoms with van der Waals surface area (Å²) in [5.41, 5.74) is 1.83. The van der Waals surface area contributed by atoms with E-state index in [0.29, 0.717) is 38.9 Å². The van der Waals surface area contributed by atoms with E-state index in [9.17, 15) is 31.5 Å². The molecule has 44 heavy (non-hydrogen) atoms. The number of aromatic nitrogens is 5. The van der Waals surface area contributed by atoms with Gasteiger partial charge < -0.3 is 15.0 Å². The Labute approximate surface area is 249 Å². The van der Waals surface area contributed by atoms with Gasteiger partial charge in [-0.2, -0.15) is 10.2 Å². The molecule has 2 amide bonds. The average molecular weight is 620 g/mol. The number of fused-ring (bicyclic) bond motifs is 1. The third-order valence-electron chi connectivity index (χ3n) is 7.40. The van der Waals surface area contributed by atoms with Crippen LogP contribution in [0.15, 0.2) is 36.0 Å². The number of halogens is 5. The molecular weight excluding hydrogens is 589 g/mol. The van der Waals surface area contributed by atoms with Crippen LogP contribution in [0.3, 0.4) is 0 Å². The molecule has 3 heterocycles. The number of benzene rings is 1. The predicted octanol–water partition coefficient (Wildman–Crippen LogP) is 4.20. The molecule has 3 aromatic rings. The normalized spacial score (nSPS) is 15.1. The lowest BCUT2D eigenvalue weighted by molar-refractivity contribution is -0.274. The van der Waals surface area contributed by atoms with Crippen LogP contribution in [0.1, 0.15) is 59.7 Å². The molecule has 0 saturated carbocycles. The quantitative estimate of drug-likeness (QED) is 0.253. The second-order valence-corrected chi connectivity index (χ2v) is 11.3. The van der Waals surface area contributed by atoms with E-state index >= 15 is 0 Å². The number of aryl methyl sites for hydroxylation is 2. The highest BCUT2D eigenvalue weighted by Gasteiger charge is 2.40. The van der Waals surface area contributed by atoms with Crippen LogP contribution in [0.5, 0.6) is 5.75 Å². The molecule has 1 saturated heterocycles. The van der Waals surface area contributed by atoms with Crippen molar-refractivity contribution in [3.05, 3.63) is 70.1 Å². The second kappa shape index (κ2) is 12.3. The number of rotatable bonds is 11. The number of amides is 2. The zero-order chi connectivity index (χ0) is 31.6. The van der Waals surface area contributed by atoms with Gasteiger partial charge >= 0.3 is 6.36 Å². The first-order chi connectivity index (χ1) is 20.7. The van der Waals surface area contributed by atoms with E-state index in [1.165, 1.54) is 35.2 Å². The van der Waals surface area contributed by atoms with E-state index in [0.717, 1.165) is 41.6 Å². The molecule has 1 N–H and O–H groups in total. The van der Waals surface area contributed by atoms with E-state index in [2.05, 4.69) is 36.6 Å². The monoisotopic (exact) mass is 619 g/mol. The Morgan fingerprint density at radius 3 is 2.57 bits per heavy atom. The fourth-order valence-electron chi connectivity index (χ4n) is 5.06. The molecule has 1 aromatic carbocycles. The van der Waals surface area contributed by atoms with Gasteiger partial charge in [-0.3, -0.25) is 14.3 Å². The lowest BCUT2D eigenvalue weighted by Gasteiger charge is -2.42. The van der Waals surface area contributed by atoms with Crippen molar-refractivity contribution in [2.45, 2.75) is 64.7 Å². The van der Waals surface area contributed by atoms with Crippen molar-refractivity contribution in [1.82, 2.24) is 35.4 Å².